The number of rotatable bonds is 5. The molecule has 0 spiro atoms. The SMILES string of the molecule is C#CCNCc1nc(Cc2ccccc2Br)no1. The molecule has 0 fully saturated rings. The Hall–Kier alpha value is -1.64. The molecule has 0 unspecified atom stereocenters. The van der Waals surface area contributed by atoms with Crippen LogP contribution in [0.4, 0.5) is 0 Å². The smallest absolute Gasteiger partial charge is 0.240 e. The van der Waals surface area contributed by atoms with E-state index in [2.05, 4.69) is 37.3 Å². The molecule has 2 rings (SSSR count). The fraction of sp³-hybridized carbons (Fsp3) is 0.231. The molecule has 0 aliphatic rings. The lowest BCUT2D eigenvalue weighted by atomic mass is 10.1. The second-order valence-corrected chi connectivity index (χ2v) is 4.53. The van der Waals surface area contributed by atoms with Gasteiger partial charge < -0.3 is 4.52 Å². The molecular formula is C13H12BrN3O. The van der Waals surface area contributed by atoms with Gasteiger partial charge in [-0.2, -0.15) is 4.98 Å². The van der Waals surface area contributed by atoms with Crippen LogP contribution in [0, 0.1) is 12.3 Å². The molecular weight excluding hydrogens is 294 g/mol. The van der Waals surface area contributed by atoms with Crippen LogP contribution in [-0.4, -0.2) is 16.7 Å². The van der Waals surface area contributed by atoms with Crippen LogP contribution in [0.25, 0.3) is 0 Å². The summed E-state index contributed by atoms with van der Waals surface area (Å²) in [5, 5.41) is 6.93. The number of terminal acetylenes is 1. The highest BCUT2D eigenvalue weighted by molar-refractivity contribution is 9.10. The standard InChI is InChI=1S/C13H12BrN3O/c1-2-7-15-9-13-16-12(17-18-13)8-10-5-3-4-6-11(10)14/h1,3-6,15H,7-9H2. The monoisotopic (exact) mass is 305 g/mol. The van der Waals surface area contributed by atoms with Crippen molar-refractivity contribution in [3.05, 3.63) is 46.0 Å². The van der Waals surface area contributed by atoms with Gasteiger partial charge in [0, 0.05) is 10.9 Å². The number of nitrogens with zero attached hydrogens (tertiary/aromatic N) is 2. The Morgan fingerprint density at radius 2 is 2.22 bits per heavy atom. The summed E-state index contributed by atoms with van der Waals surface area (Å²) in [6.45, 7) is 0.981. The fourth-order valence-corrected chi connectivity index (χ4v) is 1.91. The first-order valence-electron chi connectivity index (χ1n) is 5.48. The van der Waals surface area contributed by atoms with E-state index in [4.69, 9.17) is 10.9 Å². The second-order valence-electron chi connectivity index (χ2n) is 3.68. The summed E-state index contributed by atoms with van der Waals surface area (Å²) in [6.07, 6.45) is 5.77. The predicted octanol–water partition coefficient (Wildman–Crippen LogP) is 2.15. The number of halogens is 1. The minimum absolute atomic E-state index is 0.488. The van der Waals surface area contributed by atoms with Gasteiger partial charge in [-0.15, -0.1) is 6.42 Å². The van der Waals surface area contributed by atoms with Crippen LogP contribution in [0.2, 0.25) is 0 Å². The highest BCUT2D eigenvalue weighted by atomic mass is 79.9. The molecule has 0 atom stereocenters. The largest absolute Gasteiger partial charge is 0.338 e. The maximum absolute atomic E-state index is 5.13. The molecule has 1 heterocycles. The van der Waals surface area contributed by atoms with Crippen LogP contribution >= 0.6 is 15.9 Å². The van der Waals surface area contributed by atoms with E-state index in [-0.39, 0.29) is 0 Å². The van der Waals surface area contributed by atoms with Crippen LogP contribution in [0.15, 0.2) is 33.3 Å². The van der Waals surface area contributed by atoms with Crippen molar-refractivity contribution in [2.24, 2.45) is 0 Å². The van der Waals surface area contributed by atoms with Crippen molar-refractivity contribution < 1.29 is 4.52 Å². The van der Waals surface area contributed by atoms with Crippen LogP contribution in [0.5, 0.6) is 0 Å². The van der Waals surface area contributed by atoms with Crippen molar-refractivity contribution in [1.82, 2.24) is 15.5 Å². The molecule has 4 nitrogen and oxygen atoms in total. The summed E-state index contributed by atoms with van der Waals surface area (Å²) in [4.78, 5) is 4.29. The first-order valence-corrected chi connectivity index (χ1v) is 6.28. The van der Waals surface area contributed by atoms with Crippen molar-refractivity contribution in [2.45, 2.75) is 13.0 Å². The molecule has 92 valence electrons. The van der Waals surface area contributed by atoms with Gasteiger partial charge in [-0.05, 0) is 11.6 Å². The Kier molecular flexibility index (Phi) is 4.51. The molecule has 1 aromatic heterocycles. The van der Waals surface area contributed by atoms with Crippen molar-refractivity contribution in [3.8, 4) is 12.3 Å². The lowest BCUT2D eigenvalue weighted by molar-refractivity contribution is 0.366. The second kappa shape index (κ2) is 6.34. The molecule has 0 saturated heterocycles. The number of hydrogen-bond donors (Lipinski definition) is 1. The van der Waals surface area contributed by atoms with Crippen molar-refractivity contribution in [3.63, 3.8) is 0 Å². The molecule has 0 bridgehead atoms. The van der Waals surface area contributed by atoms with Crippen molar-refractivity contribution in [1.29, 1.82) is 0 Å². The topological polar surface area (TPSA) is 51.0 Å². The van der Waals surface area contributed by atoms with Crippen LogP contribution in [0.3, 0.4) is 0 Å². The normalized spacial score (nSPS) is 10.2. The van der Waals surface area contributed by atoms with E-state index in [1.54, 1.807) is 0 Å². The van der Waals surface area contributed by atoms with Gasteiger partial charge in [0.05, 0.1) is 13.1 Å². The molecule has 0 saturated carbocycles. The van der Waals surface area contributed by atoms with Crippen molar-refractivity contribution >= 4 is 15.9 Å². The maximum Gasteiger partial charge on any atom is 0.240 e. The molecule has 18 heavy (non-hydrogen) atoms. The van der Waals surface area contributed by atoms with Gasteiger partial charge in [0.15, 0.2) is 5.82 Å². The molecule has 0 aliphatic carbocycles. The van der Waals surface area contributed by atoms with Crippen LogP contribution in [-0.2, 0) is 13.0 Å². The predicted molar refractivity (Wildman–Crippen MR) is 71.8 cm³/mol. The van der Waals surface area contributed by atoms with Gasteiger partial charge in [-0.25, -0.2) is 0 Å². The molecule has 2 aromatic rings. The summed E-state index contributed by atoms with van der Waals surface area (Å²) in [7, 11) is 0. The van der Waals surface area contributed by atoms with E-state index in [9.17, 15) is 0 Å². The molecule has 5 heteroatoms. The average molecular weight is 306 g/mol. The van der Waals surface area contributed by atoms with Gasteiger partial charge in [-0.3, -0.25) is 5.32 Å². The zero-order valence-corrected chi connectivity index (χ0v) is 11.3. The Balaban J connectivity index is 1.99. The highest BCUT2D eigenvalue weighted by Gasteiger charge is 2.08. The van der Waals surface area contributed by atoms with Gasteiger partial charge in [0.1, 0.15) is 0 Å². The minimum atomic E-state index is 0.488. The molecule has 0 amide bonds. The summed E-state index contributed by atoms with van der Waals surface area (Å²) < 4.78 is 6.16. The van der Waals surface area contributed by atoms with E-state index in [0.717, 1.165) is 10.0 Å². The molecule has 1 aromatic carbocycles. The number of benzene rings is 1. The Bertz CT molecular complexity index is 559. The lowest BCUT2D eigenvalue weighted by Gasteiger charge is -1.99. The Morgan fingerprint density at radius 1 is 1.39 bits per heavy atom. The van der Waals surface area contributed by atoms with E-state index < -0.39 is 0 Å². The lowest BCUT2D eigenvalue weighted by Crippen LogP contribution is -2.13. The maximum atomic E-state index is 5.13. The third-order valence-corrected chi connectivity index (χ3v) is 3.09. The van der Waals surface area contributed by atoms with Gasteiger partial charge >= 0.3 is 0 Å². The Morgan fingerprint density at radius 3 is 3.00 bits per heavy atom. The molecule has 0 radical (unpaired) electrons. The van der Waals surface area contributed by atoms with E-state index in [1.165, 1.54) is 0 Å². The molecule has 1 N–H and O–H groups in total. The average Bonchev–Trinajstić information content (AvgIpc) is 2.80. The summed E-state index contributed by atoms with van der Waals surface area (Å²) >= 11 is 3.49. The number of aromatic nitrogens is 2. The highest BCUT2D eigenvalue weighted by Crippen LogP contribution is 2.18. The van der Waals surface area contributed by atoms with E-state index in [1.807, 2.05) is 24.3 Å². The van der Waals surface area contributed by atoms with E-state index in [0.29, 0.717) is 31.2 Å². The first-order chi connectivity index (χ1) is 8.79. The van der Waals surface area contributed by atoms with E-state index >= 15 is 0 Å². The quantitative estimate of drug-likeness (QED) is 0.679. The zero-order chi connectivity index (χ0) is 12.8. The summed E-state index contributed by atoms with van der Waals surface area (Å²) in [6, 6.07) is 7.97. The summed E-state index contributed by atoms with van der Waals surface area (Å²) in [5.41, 5.74) is 1.13. The third kappa shape index (κ3) is 3.42. The third-order valence-electron chi connectivity index (χ3n) is 2.32. The fourth-order valence-electron chi connectivity index (χ4n) is 1.49. The summed E-state index contributed by atoms with van der Waals surface area (Å²) in [5.74, 6) is 3.70. The minimum Gasteiger partial charge on any atom is -0.338 e. The first kappa shape index (κ1) is 12.8. The van der Waals surface area contributed by atoms with Gasteiger partial charge in [0.2, 0.25) is 5.89 Å². The van der Waals surface area contributed by atoms with Crippen molar-refractivity contribution in [2.75, 3.05) is 6.54 Å². The van der Waals surface area contributed by atoms with Gasteiger partial charge in [-0.1, -0.05) is 45.2 Å². The molecule has 0 aliphatic heterocycles. The number of hydrogen-bond acceptors (Lipinski definition) is 4. The Labute approximate surface area is 114 Å². The van der Waals surface area contributed by atoms with Crippen LogP contribution in [0.1, 0.15) is 17.3 Å². The van der Waals surface area contributed by atoms with Crippen LogP contribution < -0.4 is 5.32 Å². The van der Waals surface area contributed by atoms with Gasteiger partial charge in [0.25, 0.3) is 0 Å². The zero-order valence-electron chi connectivity index (χ0n) is 9.69. The number of nitrogens with one attached hydrogen (secondary N) is 1.